The van der Waals surface area contributed by atoms with E-state index in [1.165, 1.54) is 13.8 Å². The zero-order valence-electron chi connectivity index (χ0n) is 17.9. The molecular weight excluding hydrogens is 446 g/mol. The first-order valence-electron chi connectivity index (χ1n) is 9.73. The van der Waals surface area contributed by atoms with Crippen molar-refractivity contribution < 1.29 is 34.5 Å². The van der Waals surface area contributed by atoms with Crippen LogP contribution in [0.1, 0.15) is 26.7 Å². The Morgan fingerprint density at radius 1 is 0.938 bits per heavy atom. The second-order valence-electron chi connectivity index (χ2n) is 7.09. The van der Waals surface area contributed by atoms with Gasteiger partial charge >= 0.3 is 5.97 Å². The van der Waals surface area contributed by atoms with Gasteiger partial charge in [-0.3, -0.25) is 19.4 Å². The highest BCUT2D eigenvalue weighted by Gasteiger charge is 2.33. The van der Waals surface area contributed by atoms with Crippen LogP contribution in [0.25, 0.3) is 0 Å². The van der Waals surface area contributed by atoms with E-state index in [1.807, 2.05) is 0 Å². The lowest BCUT2D eigenvalue weighted by molar-refractivity contribution is -0.145. The molecule has 6 unspecified atom stereocenters. The van der Waals surface area contributed by atoms with Crippen LogP contribution < -0.4 is 33.2 Å². The third kappa shape index (κ3) is 10.6. The fraction of sp³-hybridized carbons (Fsp3) is 0.706. The molecule has 0 aromatic heterocycles. The molecule has 0 spiro atoms. The maximum Gasteiger partial charge on any atom is 0.328 e. The van der Waals surface area contributed by atoms with E-state index in [0.717, 1.165) is 0 Å². The Bertz CT molecular complexity index is 686. The predicted octanol–water partition coefficient (Wildman–Crippen LogP) is -4.40. The van der Waals surface area contributed by atoms with Crippen molar-refractivity contribution in [3.05, 3.63) is 0 Å². The predicted molar refractivity (Wildman–Crippen MR) is 119 cm³/mol. The smallest absolute Gasteiger partial charge is 0.328 e. The maximum atomic E-state index is 12.7. The third-order valence-corrected chi connectivity index (χ3v) is 4.61. The third-order valence-electron chi connectivity index (χ3n) is 4.22. The molecule has 32 heavy (non-hydrogen) atoms. The number of aliphatic hydroxyl groups is 2. The number of nitrogens with zero attached hydrogens (tertiary/aromatic N) is 1. The summed E-state index contributed by atoms with van der Waals surface area (Å²) in [6.45, 7) is 2.54. The van der Waals surface area contributed by atoms with E-state index in [0.29, 0.717) is 0 Å². The molecule has 0 radical (unpaired) electrons. The minimum absolute atomic E-state index is 0.00821. The van der Waals surface area contributed by atoms with Gasteiger partial charge in [0.05, 0.1) is 18.2 Å². The fourth-order valence-electron chi connectivity index (χ4n) is 2.42. The molecule has 0 aliphatic heterocycles. The number of hydrogen-bond acceptors (Lipinski definition) is 9. The molecule has 0 aliphatic carbocycles. The molecule has 6 atom stereocenters. The highest BCUT2D eigenvalue weighted by Crippen LogP contribution is 2.04. The fourth-order valence-corrected chi connectivity index (χ4v) is 2.59. The minimum Gasteiger partial charge on any atom is -0.480 e. The van der Waals surface area contributed by atoms with E-state index >= 15 is 0 Å². The maximum absolute atomic E-state index is 12.7. The zero-order chi connectivity index (χ0) is 25.0. The number of hydrogen-bond donors (Lipinski definition) is 10. The molecule has 12 N–H and O–H groups in total. The molecule has 0 saturated carbocycles. The van der Waals surface area contributed by atoms with Crippen molar-refractivity contribution in [1.82, 2.24) is 16.0 Å². The summed E-state index contributed by atoms with van der Waals surface area (Å²) in [4.78, 5) is 52.3. The monoisotopic (exact) mass is 479 g/mol. The molecule has 0 aromatic carbocycles. The number of aliphatic imine (C=N–C) groups is 1. The second-order valence-corrected chi connectivity index (χ2v) is 7.46. The van der Waals surface area contributed by atoms with Crippen LogP contribution in [0.2, 0.25) is 0 Å². The summed E-state index contributed by atoms with van der Waals surface area (Å²) in [6, 6.07) is -5.39. The number of carboxylic acid groups (broad SMARTS) is 1. The number of carboxylic acids is 1. The quantitative estimate of drug-likeness (QED) is 0.0495. The van der Waals surface area contributed by atoms with E-state index < -0.39 is 60.1 Å². The van der Waals surface area contributed by atoms with E-state index in [4.69, 9.17) is 22.3 Å². The van der Waals surface area contributed by atoms with Crippen molar-refractivity contribution in [2.45, 2.75) is 63.1 Å². The van der Waals surface area contributed by atoms with Crippen LogP contribution in [-0.4, -0.2) is 93.6 Å². The SMILES string of the molecule is CC(O)C(NC(=O)C(CCCN=C(N)N)NC(=O)C(NC(=O)C(N)CS)C(C)O)C(=O)O. The molecular formula is C17H33N7O7S. The first-order valence-corrected chi connectivity index (χ1v) is 10.4. The van der Waals surface area contributed by atoms with Gasteiger partial charge in [-0.15, -0.1) is 0 Å². The Labute approximate surface area is 190 Å². The Morgan fingerprint density at radius 2 is 1.47 bits per heavy atom. The lowest BCUT2D eigenvalue weighted by atomic mass is 10.1. The van der Waals surface area contributed by atoms with Crippen molar-refractivity contribution >= 4 is 42.3 Å². The Morgan fingerprint density at radius 3 is 1.91 bits per heavy atom. The number of amides is 3. The van der Waals surface area contributed by atoms with Crippen LogP contribution in [0.3, 0.4) is 0 Å². The highest BCUT2D eigenvalue weighted by atomic mass is 32.1. The van der Waals surface area contributed by atoms with Gasteiger partial charge in [0.2, 0.25) is 17.7 Å². The van der Waals surface area contributed by atoms with Crippen molar-refractivity contribution in [2.75, 3.05) is 12.3 Å². The van der Waals surface area contributed by atoms with Gasteiger partial charge in [-0.05, 0) is 26.7 Å². The first-order chi connectivity index (χ1) is 14.8. The van der Waals surface area contributed by atoms with Crippen LogP contribution in [0.5, 0.6) is 0 Å². The van der Waals surface area contributed by atoms with E-state index in [1.54, 1.807) is 0 Å². The average Bonchev–Trinajstić information content (AvgIpc) is 2.69. The zero-order valence-corrected chi connectivity index (χ0v) is 18.8. The van der Waals surface area contributed by atoms with Crippen molar-refractivity contribution in [3.63, 3.8) is 0 Å². The Balaban J connectivity index is 5.51. The summed E-state index contributed by atoms with van der Waals surface area (Å²) in [5.74, 6) is -4.22. The molecule has 0 rings (SSSR count). The summed E-state index contributed by atoms with van der Waals surface area (Å²) in [7, 11) is 0. The standard InChI is InChI=1S/C17H33N7O7S/c1-7(25)11(23-13(27)9(18)6-32)15(29)22-10(4-3-5-21-17(19)20)14(28)24-12(8(2)26)16(30)31/h7-12,25-26,32H,3-6,18H2,1-2H3,(H,22,29)(H,23,27)(H,24,28)(H,30,31)(H4,19,20,21). The lowest BCUT2D eigenvalue weighted by Crippen LogP contribution is -2.60. The largest absolute Gasteiger partial charge is 0.480 e. The molecule has 0 bridgehead atoms. The number of carbonyl (C=O) groups is 4. The Kier molecular flexibility index (Phi) is 13.3. The van der Waals surface area contributed by atoms with Crippen LogP contribution in [-0.2, 0) is 19.2 Å². The number of rotatable bonds is 14. The van der Waals surface area contributed by atoms with Crippen molar-refractivity contribution in [1.29, 1.82) is 0 Å². The second kappa shape index (κ2) is 14.4. The van der Waals surface area contributed by atoms with Gasteiger partial charge in [0.15, 0.2) is 12.0 Å². The summed E-state index contributed by atoms with van der Waals surface area (Å²) in [5, 5.41) is 35.4. The van der Waals surface area contributed by atoms with Gasteiger partial charge in [0.1, 0.15) is 12.1 Å². The lowest BCUT2D eigenvalue weighted by Gasteiger charge is -2.26. The van der Waals surface area contributed by atoms with Gasteiger partial charge < -0.3 is 48.5 Å². The first kappa shape index (κ1) is 29.4. The van der Waals surface area contributed by atoms with Gasteiger partial charge in [0, 0.05) is 12.3 Å². The van der Waals surface area contributed by atoms with Crippen LogP contribution in [0.4, 0.5) is 0 Å². The van der Waals surface area contributed by atoms with Gasteiger partial charge in [0.25, 0.3) is 0 Å². The summed E-state index contributed by atoms with van der Waals surface area (Å²) < 4.78 is 0. The molecule has 3 amide bonds. The Hall–Kier alpha value is -2.62. The number of aliphatic carboxylic acids is 1. The number of nitrogens with two attached hydrogens (primary N) is 3. The molecule has 14 nitrogen and oxygen atoms in total. The van der Waals surface area contributed by atoms with Crippen molar-refractivity contribution in [3.8, 4) is 0 Å². The van der Waals surface area contributed by atoms with Crippen LogP contribution in [0, 0.1) is 0 Å². The summed E-state index contributed by atoms with van der Waals surface area (Å²) in [6.07, 6.45) is -2.56. The summed E-state index contributed by atoms with van der Waals surface area (Å²) in [5.41, 5.74) is 16.0. The van der Waals surface area contributed by atoms with Gasteiger partial charge in [-0.1, -0.05) is 0 Å². The molecule has 0 heterocycles. The molecule has 0 saturated heterocycles. The number of nitrogens with one attached hydrogen (secondary N) is 3. The molecule has 0 fully saturated rings. The van der Waals surface area contributed by atoms with Gasteiger partial charge in [-0.25, -0.2) is 4.79 Å². The van der Waals surface area contributed by atoms with E-state index in [9.17, 15) is 29.4 Å². The molecule has 0 aromatic rings. The van der Waals surface area contributed by atoms with E-state index in [2.05, 4.69) is 33.6 Å². The number of thiol groups is 1. The number of guanidine groups is 1. The summed E-state index contributed by atoms with van der Waals surface area (Å²) >= 11 is 3.89. The van der Waals surface area contributed by atoms with Crippen LogP contribution in [0.15, 0.2) is 4.99 Å². The average molecular weight is 480 g/mol. The minimum atomic E-state index is -1.62. The number of carbonyl (C=O) groups excluding carboxylic acids is 3. The topological polar surface area (TPSA) is 255 Å². The van der Waals surface area contributed by atoms with Crippen molar-refractivity contribution in [2.24, 2.45) is 22.2 Å². The highest BCUT2D eigenvalue weighted by molar-refractivity contribution is 7.80. The molecule has 0 aliphatic rings. The normalized spacial score (nSPS) is 16.4. The molecule has 184 valence electrons. The van der Waals surface area contributed by atoms with Gasteiger partial charge in [-0.2, -0.15) is 12.6 Å². The van der Waals surface area contributed by atoms with Crippen LogP contribution >= 0.6 is 12.6 Å². The number of aliphatic hydroxyl groups excluding tert-OH is 2. The van der Waals surface area contributed by atoms with E-state index in [-0.39, 0.29) is 31.1 Å². The molecule has 15 heteroatoms.